The van der Waals surface area contributed by atoms with Gasteiger partial charge in [-0.3, -0.25) is 4.79 Å². The average molecular weight is 212 g/mol. The third-order valence-corrected chi connectivity index (χ3v) is 2.21. The fourth-order valence-corrected chi connectivity index (χ4v) is 1.56. The molecule has 0 saturated heterocycles. The van der Waals surface area contributed by atoms with E-state index in [0.29, 0.717) is 5.70 Å². The molecule has 2 N–H and O–H groups in total. The first-order valence-electron chi connectivity index (χ1n) is 5.92. The Kier molecular flexibility index (Phi) is 7.78. The summed E-state index contributed by atoms with van der Waals surface area (Å²) in [5.41, 5.74) is 6.08. The van der Waals surface area contributed by atoms with Crippen LogP contribution in [0.3, 0.4) is 0 Å². The second-order valence-corrected chi connectivity index (χ2v) is 3.73. The molecule has 3 nitrogen and oxygen atoms in total. The summed E-state index contributed by atoms with van der Waals surface area (Å²) in [7, 11) is 0. The lowest BCUT2D eigenvalue weighted by molar-refractivity contribution is -0.116. The minimum Gasteiger partial charge on any atom is -0.367 e. The lowest BCUT2D eigenvalue weighted by atomic mass is 10.2. The zero-order valence-electron chi connectivity index (χ0n) is 10.3. The maximum atomic E-state index is 11.3. The van der Waals surface area contributed by atoms with Crippen molar-refractivity contribution in [3.8, 4) is 0 Å². The number of amides is 1. The van der Waals surface area contributed by atoms with Crippen LogP contribution in [0.25, 0.3) is 0 Å². The van der Waals surface area contributed by atoms with Crippen molar-refractivity contribution in [3.05, 3.63) is 11.8 Å². The van der Waals surface area contributed by atoms with Crippen LogP contribution in [0.2, 0.25) is 0 Å². The molecule has 0 aromatic heterocycles. The number of nitrogens with two attached hydrogens (primary N) is 1. The fraction of sp³-hybridized carbons (Fsp3) is 0.750. The summed E-state index contributed by atoms with van der Waals surface area (Å²) in [6, 6.07) is 0. The molecule has 0 heterocycles. The van der Waals surface area contributed by atoms with Gasteiger partial charge >= 0.3 is 0 Å². The molecule has 0 spiro atoms. The van der Waals surface area contributed by atoms with E-state index in [1.165, 1.54) is 0 Å². The molecule has 0 atom stereocenters. The summed E-state index contributed by atoms with van der Waals surface area (Å²) in [4.78, 5) is 13.4. The molecule has 1 amide bonds. The molecule has 0 aromatic carbocycles. The number of rotatable bonds is 8. The predicted octanol–water partition coefficient (Wildman–Crippen LogP) is 2.28. The highest BCUT2D eigenvalue weighted by atomic mass is 16.1. The number of unbranched alkanes of at least 4 members (excludes halogenated alkanes) is 1. The summed E-state index contributed by atoms with van der Waals surface area (Å²) in [6.45, 7) is 8.14. The number of nitrogens with zero attached hydrogens (tertiary/aromatic N) is 1. The molecular weight excluding hydrogens is 188 g/mol. The highest BCUT2D eigenvalue weighted by Crippen LogP contribution is 2.08. The Bertz CT molecular complexity index is 206. The summed E-state index contributed by atoms with van der Waals surface area (Å²) in [6.07, 6.45) is 6.01. The normalized spacial score (nSPS) is 11.5. The second-order valence-electron chi connectivity index (χ2n) is 3.73. The van der Waals surface area contributed by atoms with Crippen LogP contribution in [-0.4, -0.2) is 23.9 Å². The summed E-state index contributed by atoms with van der Waals surface area (Å²) >= 11 is 0. The number of primary amides is 1. The van der Waals surface area contributed by atoms with Gasteiger partial charge in [0.1, 0.15) is 0 Å². The van der Waals surface area contributed by atoms with E-state index in [-0.39, 0.29) is 5.91 Å². The van der Waals surface area contributed by atoms with Crippen LogP contribution in [0.5, 0.6) is 0 Å². The smallest absolute Gasteiger partial charge is 0.264 e. The zero-order chi connectivity index (χ0) is 11.7. The minimum absolute atomic E-state index is 0.301. The number of hydrogen-bond donors (Lipinski definition) is 1. The molecular formula is C12H24N2O. The first-order valence-corrected chi connectivity index (χ1v) is 5.92. The lowest BCUT2D eigenvalue weighted by Gasteiger charge is -2.24. The molecule has 0 bridgehead atoms. The molecule has 0 radical (unpaired) electrons. The third kappa shape index (κ3) is 5.45. The summed E-state index contributed by atoms with van der Waals surface area (Å²) in [5.74, 6) is -0.301. The highest BCUT2D eigenvalue weighted by molar-refractivity contribution is 5.91. The molecule has 0 aliphatic carbocycles. The largest absolute Gasteiger partial charge is 0.367 e. The van der Waals surface area contributed by atoms with Crippen LogP contribution in [0.4, 0.5) is 0 Å². The van der Waals surface area contributed by atoms with Gasteiger partial charge in [-0.25, -0.2) is 0 Å². The maximum Gasteiger partial charge on any atom is 0.264 e. The van der Waals surface area contributed by atoms with E-state index in [1.807, 2.05) is 6.08 Å². The molecule has 0 fully saturated rings. The van der Waals surface area contributed by atoms with Crippen LogP contribution in [0.15, 0.2) is 11.8 Å². The molecule has 0 aliphatic rings. The Morgan fingerprint density at radius 2 is 1.67 bits per heavy atom. The van der Waals surface area contributed by atoms with Gasteiger partial charge in [0.15, 0.2) is 0 Å². The van der Waals surface area contributed by atoms with E-state index in [2.05, 4.69) is 25.7 Å². The van der Waals surface area contributed by atoms with Gasteiger partial charge in [0.05, 0.1) is 5.70 Å². The Morgan fingerprint density at radius 3 is 2.00 bits per heavy atom. The van der Waals surface area contributed by atoms with Gasteiger partial charge in [0.25, 0.3) is 5.91 Å². The second kappa shape index (κ2) is 8.33. The van der Waals surface area contributed by atoms with E-state index in [1.54, 1.807) is 0 Å². The molecule has 88 valence electrons. The minimum atomic E-state index is -0.301. The van der Waals surface area contributed by atoms with Crippen LogP contribution in [0.1, 0.15) is 46.5 Å². The summed E-state index contributed by atoms with van der Waals surface area (Å²) < 4.78 is 0. The van der Waals surface area contributed by atoms with Gasteiger partial charge in [0.2, 0.25) is 0 Å². The van der Waals surface area contributed by atoms with Crippen LogP contribution < -0.4 is 5.73 Å². The first-order chi connectivity index (χ1) is 7.17. The van der Waals surface area contributed by atoms with Gasteiger partial charge in [-0.2, -0.15) is 0 Å². The van der Waals surface area contributed by atoms with Crippen molar-refractivity contribution in [2.24, 2.45) is 5.73 Å². The standard InChI is InChI=1S/C12H24N2O/c1-4-7-8-11(12(13)15)14(9-5-2)10-6-3/h8H,4-7,9-10H2,1-3H3,(H2,13,15)/b11-8+. The van der Waals surface area contributed by atoms with Crippen LogP contribution >= 0.6 is 0 Å². The molecule has 15 heavy (non-hydrogen) atoms. The van der Waals surface area contributed by atoms with Crippen molar-refractivity contribution < 1.29 is 4.79 Å². The molecule has 0 saturated carbocycles. The van der Waals surface area contributed by atoms with Crippen molar-refractivity contribution in [2.75, 3.05) is 13.1 Å². The first kappa shape index (κ1) is 14.0. The SMILES string of the molecule is CCC/C=C(\C(N)=O)N(CCC)CCC. The van der Waals surface area contributed by atoms with E-state index in [4.69, 9.17) is 5.73 Å². The Morgan fingerprint density at radius 1 is 1.13 bits per heavy atom. The van der Waals surface area contributed by atoms with Crippen molar-refractivity contribution in [1.29, 1.82) is 0 Å². The zero-order valence-corrected chi connectivity index (χ0v) is 10.3. The number of carbonyl (C=O) groups is 1. The molecule has 0 unspecified atom stereocenters. The van der Waals surface area contributed by atoms with Crippen molar-refractivity contribution in [3.63, 3.8) is 0 Å². The van der Waals surface area contributed by atoms with E-state index in [9.17, 15) is 4.79 Å². The highest BCUT2D eigenvalue weighted by Gasteiger charge is 2.12. The van der Waals surface area contributed by atoms with Crippen LogP contribution in [-0.2, 0) is 4.79 Å². The number of hydrogen-bond acceptors (Lipinski definition) is 2. The van der Waals surface area contributed by atoms with Gasteiger partial charge in [-0.15, -0.1) is 0 Å². The number of allylic oxidation sites excluding steroid dienone is 1. The molecule has 0 rings (SSSR count). The van der Waals surface area contributed by atoms with Gasteiger partial charge < -0.3 is 10.6 Å². The number of carbonyl (C=O) groups excluding carboxylic acids is 1. The predicted molar refractivity (Wildman–Crippen MR) is 64.3 cm³/mol. The third-order valence-electron chi connectivity index (χ3n) is 2.21. The molecule has 0 aromatic rings. The maximum absolute atomic E-state index is 11.3. The van der Waals surface area contributed by atoms with E-state index in [0.717, 1.165) is 38.8 Å². The molecule has 3 heteroatoms. The Labute approximate surface area is 93.3 Å². The van der Waals surface area contributed by atoms with Crippen LogP contribution in [0, 0.1) is 0 Å². The Hall–Kier alpha value is -0.990. The van der Waals surface area contributed by atoms with Crippen molar-refractivity contribution >= 4 is 5.91 Å². The quantitative estimate of drug-likeness (QED) is 0.627. The average Bonchev–Trinajstić information content (AvgIpc) is 2.18. The monoisotopic (exact) mass is 212 g/mol. The van der Waals surface area contributed by atoms with Gasteiger partial charge in [-0.05, 0) is 19.3 Å². The van der Waals surface area contributed by atoms with Crippen molar-refractivity contribution in [2.45, 2.75) is 46.5 Å². The van der Waals surface area contributed by atoms with Gasteiger partial charge in [-0.1, -0.05) is 33.3 Å². The Balaban J connectivity index is 4.58. The van der Waals surface area contributed by atoms with E-state index >= 15 is 0 Å². The molecule has 0 aliphatic heterocycles. The summed E-state index contributed by atoms with van der Waals surface area (Å²) in [5, 5.41) is 0. The van der Waals surface area contributed by atoms with E-state index < -0.39 is 0 Å². The van der Waals surface area contributed by atoms with Crippen molar-refractivity contribution in [1.82, 2.24) is 4.90 Å². The van der Waals surface area contributed by atoms with Gasteiger partial charge in [0, 0.05) is 13.1 Å². The fourth-order valence-electron chi connectivity index (χ4n) is 1.56. The lowest BCUT2D eigenvalue weighted by Crippen LogP contribution is -2.32. The topological polar surface area (TPSA) is 46.3 Å².